The summed E-state index contributed by atoms with van der Waals surface area (Å²) >= 11 is 1.29. The van der Waals surface area contributed by atoms with Gasteiger partial charge in [-0.25, -0.2) is 0 Å². The van der Waals surface area contributed by atoms with Crippen molar-refractivity contribution in [3.05, 3.63) is 16.6 Å². The largest absolute Gasteiger partial charge is 0.391 e. The molecule has 1 saturated carbocycles. The maximum Gasteiger partial charge on any atom is 0.256 e. The highest BCUT2D eigenvalue weighted by molar-refractivity contribution is 7.03. The topological polar surface area (TPSA) is 53.4 Å². The van der Waals surface area contributed by atoms with E-state index in [2.05, 4.69) is 4.37 Å². The zero-order valence-electron chi connectivity index (χ0n) is 9.51. The number of nitrogens with zero attached hydrogens (tertiary/aromatic N) is 2. The number of hydrogen-bond acceptors (Lipinski definition) is 4. The normalized spacial score (nSPS) is 17.2. The van der Waals surface area contributed by atoms with Crippen LogP contribution in [0.25, 0.3) is 0 Å². The first-order valence-electron chi connectivity index (χ1n) is 5.44. The van der Waals surface area contributed by atoms with E-state index in [0.717, 1.165) is 18.5 Å². The molecule has 16 heavy (non-hydrogen) atoms. The molecule has 0 bridgehead atoms. The predicted octanol–water partition coefficient (Wildman–Crippen LogP) is 1.29. The van der Waals surface area contributed by atoms with Crippen LogP contribution in [0, 0.1) is 12.8 Å². The van der Waals surface area contributed by atoms with Gasteiger partial charge in [0, 0.05) is 19.0 Å². The molecule has 1 fully saturated rings. The van der Waals surface area contributed by atoms with Gasteiger partial charge in [-0.3, -0.25) is 4.79 Å². The number of hydrogen-bond donors (Lipinski definition) is 1. The molecule has 0 aromatic carbocycles. The van der Waals surface area contributed by atoms with E-state index in [-0.39, 0.29) is 12.0 Å². The lowest BCUT2D eigenvalue weighted by atomic mass is 10.2. The Morgan fingerprint density at radius 1 is 1.75 bits per heavy atom. The summed E-state index contributed by atoms with van der Waals surface area (Å²) in [6.07, 6.45) is 1.80. The van der Waals surface area contributed by atoms with Crippen LogP contribution in [-0.4, -0.2) is 40.0 Å². The second kappa shape index (κ2) is 4.51. The van der Waals surface area contributed by atoms with Crippen molar-refractivity contribution in [2.24, 2.45) is 5.92 Å². The molecule has 0 spiro atoms. The number of rotatable bonds is 4. The van der Waals surface area contributed by atoms with Crippen LogP contribution >= 0.6 is 11.5 Å². The number of carbonyl (C=O) groups excluding carboxylic acids is 1. The molecule has 0 aliphatic heterocycles. The molecule has 1 heterocycles. The van der Waals surface area contributed by atoms with Gasteiger partial charge < -0.3 is 10.0 Å². The highest BCUT2D eigenvalue weighted by atomic mass is 32.1. The summed E-state index contributed by atoms with van der Waals surface area (Å²) in [5, 5.41) is 11.5. The Morgan fingerprint density at radius 2 is 2.44 bits per heavy atom. The molecule has 4 nitrogen and oxygen atoms in total. The van der Waals surface area contributed by atoms with E-state index in [1.54, 1.807) is 17.3 Å². The molecule has 88 valence electrons. The first-order valence-corrected chi connectivity index (χ1v) is 6.27. The third-order valence-electron chi connectivity index (χ3n) is 2.95. The zero-order valence-corrected chi connectivity index (χ0v) is 10.3. The fraction of sp³-hybridized carbons (Fsp3) is 0.636. The summed E-state index contributed by atoms with van der Waals surface area (Å²) in [5.74, 6) is 0.350. The van der Waals surface area contributed by atoms with Crippen molar-refractivity contribution in [3.8, 4) is 0 Å². The monoisotopic (exact) mass is 240 g/mol. The van der Waals surface area contributed by atoms with Crippen molar-refractivity contribution in [1.82, 2.24) is 9.27 Å². The summed E-state index contributed by atoms with van der Waals surface area (Å²) < 4.78 is 4.08. The highest BCUT2D eigenvalue weighted by Gasteiger charge is 2.31. The average molecular weight is 240 g/mol. The molecule has 5 heteroatoms. The fourth-order valence-corrected chi connectivity index (χ4v) is 2.38. The van der Waals surface area contributed by atoms with E-state index in [0.29, 0.717) is 18.0 Å². The standard InChI is InChI=1S/C11H16N2O2S/c1-7-9(6-16-12-7)11(15)13(2)5-10(14)8-3-4-8/h6,8,10,14H,3-5H2,1-2H3. The molecule has 1 unspecified atom stereocenters. The van der Waals surface area contributed by atoms with Crippen LogP contribution in [0.4, 0.5) is 0 Å². The number of aliphatic hydroxyl groups is 1. The average Bonchev–Trinajstić information content (AvgIpc) is 3.01. The van der Waals surface area contributed by atoms with Gasteiger partial charge in [0.05, 0.1) is 17.4 Å². The number of aromatic nitrogens is 1. The fourth-order valence-electron chi connectivity index (χ4n) is 1.70. The minimum Gasteiger partial charge on any atom is -0.391 e. The number of amides is 1. The smallest absolute Gasteiger partial charge is 0.256 e. The van der Waals surface area contributed by atoms with Crippen molar-refractivity contribution in [2.75, 3.05) is 13.6 Å². The van der Waals surface area contributed by atoms with Crippen molar-refractivity contribution in [3.63, 3.8) is 0 Å². The van der Waals surface area contributed by atoms with Crippen molar-refractivity contribution >= 4 is 17.4 Å². The van der Waals surface area contributed by atoms with Crippen molar-refractivity contribution in [1.29, 1.82) is 0 Å². The second-order valence-corrected chi connectivity index (χ2v) is 5.03. The Labute approximate surface area is 99.1 Å². The molecular weight excluding hydrogens is 224 g/mol. The summed E-state index contributed by atoms with van der Waals surface area (Å²) in [4.78, 5) is 13.6. The van der Waals surface area contributed by atoms with Gasteiger partial charge in [-0.05, 0) is 37.2 Å². The quantitative estimate of drug-likeness (QED) is 0.863. The SMILES string of the molecule is Cc1nscc1C(=O)N(C)CC(O)C1CC1. The minimum atomic E-state index is -0.374. The summed E-state index contributed by atoms with van der Waals surface area (Å²) in [6, 6.07) is 0. The molecular formula is C11H16N2O2S. The van der Waals surface area contributed by atoms with Gasteiger partial charge in [0.1, 0.15) is 0 Å². The van der Waals surface area contributed by atoms with Gasteiger partial charge in [0.2, 0.25) is 0 Å². The molecule has 1 amide bonds. The van der Waals surface area contributed by atoms with Crippen LogP contribution in [-0.2, 0) is 0 Å². The van der Waals surface area contributed by atoms with Crippen molar-refractivity contribution in [2.45, 2.75) is 25.9 Å². The lowest BCUT2D eigenvalue weighted by Gasteiger charge is -2.20. The van der Waals surface area contributed by atoms with Gasteiger partial charge in [-0.15, -0.1) is 0 Å². The Balaban J connectivity index is 1.96. The van der Waals surface area contributed by atoms with E-state index >= 15 is 0 Å². The lowest BCUT2D eigenvalue weighted by Crippen LogP contribution is -2.35. The van der Waals surface area contributed by atoms with Crippen LogP contribution in [0.5, 0.6) is 0 Å². The second-order valence-electron chi connectivity index (χ2n) is 4.40. The molecule has 1 atom stereocenters. The van der Waals surface area contributed by atoms with Gasteiger partial charge >= 0.3 is 0 Å². The third-order valence-corrected chi connectivity index (χ3v) is 3.67. The lowest BCUT2D eigenvalue weighted by molar-refractivity contribution is 0.0645. The first kappa shape index (κ1) is 11.5. The van der Waals surface area contributed by atoms with Gasteiger partial charge in [0.15, 0.2) is 0 Å². The van der Waals surface area contributed by atoms with E-state index in [9.17, 15) is 9.90 Å². The summed E-state index contributed by atoms with van der Waals surface area (Å²) in [6.45, 7) is 2.24. The summed E-state index contributed by atoms with van der Waals surface area (Å²) in [5.41, 5.74) is 1.42. The minimum absolute atomic E-state index is 0.0500. The van der Waals surface area contributed by atoms with Crippen LogP contribution in [0.15, 0.2) is 5.38 Å². The predicted molar refractivity (Wildman–Crippen MR) is 62.5 cm³/mol. The Morgan fingerprint density at radius 3 is 2.94 bits per heavy atom. The van der Waals surface area contributed by atoms with E-state index in [4.69, 9.17) is 0 Å². The zero-order chi connectivity index (χ0) is 11.7. The molecule has 0 radical (unpaired) electrons. The summed E-state index contributed by atoms with van der Waals surface area (Å²) in [7, 11) is 1.73. The van der Waals surface area contributed by atoms with E-state index in [1.165, 1.54) is 11.5 Å². The molecule has 2 rings (SSSR count). The van der Waals surface area contributed by atoms with Gasteiger partial charge in [0.25, 0.3) is 5.91 Å². The van der Waals surface area contributed by atoms with Crippen LogP contribution in [0.3, 0.4) is 0 Å². The molecule has 1 N–H and O–H groups in total. The number of aliphatic hydroxyl groups excluding tert-OH is 1. The molecule has 1 aromatic heterocycles. The molecule has 1 aliphatic carbocycles. The maximum atomic E-state index is 12.0. The molecule has 1 aliphatic rings. The van der Waals surface area contributed by atoms with Crippen LogP contribution < -0.4 is 0 Å². The Bertz CT molecular complexity index is 387. The van der Waals surface area contributed by atoms with Gasteiger partial charge in [-0.1, -0.05) is 0 Å². The van der Waals surface area contributed by atoms with E-state index < -0.39 is 0 Å². The molecule has 0 saturated heterocycles. The van der Waals surface area contributed by atoms with E-state index in [1.807, 2.05) is 6.92 Å². The van der Waals surface area contributed by atoms with Gasteiger partial charge in [-0.2, -0.15) is 4.37 Å². The Kier molecular flexibility index (Phi) is 3.25. The third kappa shape index (κ3) is 2.41. The maximum absolute atomic E-state index is 12.0. The number of carbonyl (C=O) groups is 1. The first-order chi connectivity index (χ1) is 7.59. The molecule has 1 aromatic rings. The van der Waals surface area contributed by atoms with Crippen molar-refractivity contribution < 1.29 is 9.90 Å². The highest BCUT2D eigenvalue weighted by Crippen LogP contribution is 2.32. The number of aryl methyl sites for hydroxylation is 1. The Hall–Kier alpha value is -0.940. The van der Waals surface area contributed by atoms with Crippen LogP contribution in [0.1, 0.15) is 28.9 Å². The number of likely N-dealkylation sites (N-methyl/N-ethyl adjacent to an activating group) is 1. The van der Waals surface area contributed by atoms with Crippen LogP contribution in [0.2, 0.25) is 0 Å².